The maximum absolute atomic E-state index is 13.9. The van der Waals surface area contributed by atoms with Crippen molar-refractivity contribution in [2.75, 3.05) is 12.4 Å². The van der Waals surface area contributed by atoms with Gasteiger partial charge in [0.25, 0.3) is 0 Å². The SMILES string of the molecule is COc1ccc2c(c1C)NC(=O)C2(c1ccc(OC(=O)C(N)C(C)C)cc1)C1CCCCCC1.Cl. The fraction of sp³-hybridized carbons (Fsp3) is 0.500. The molecule has 0 aromatic heterocycles. The second-order valence-electron chi connectivity index (χ2n) is 9.98. The third-order valence-corrected chi connectivity index (χ3v) is 7.64. The molecule has 2 atom stereocenters. The van der Waals surface area contributed by atoms with Gasteiger partial charge in [-0.2, -0.15) is 0 Å². The summed E-state index contributed by atoms with van der Waals surface area (Å²) in [6, 6.07) is 10.7. The highest BCUT2D eigenvalue weighted by molar-refractivity contribution is 6.10. The zero-order valence-electron chi connectivity index (χ0n) is 21.1. The van der Waals surface area contributed by atoms with Crippen LogP contribution in [0.25, 0.3) is 0 Å². The molecule has 2 aromatic carbocycles. The van der Waals surface area contributed by atoms with Crippen LogP contribution in [0.15, 0.2) is 36.4 Å². The maximum Gasteiger partial charge on any atom is 0.328 e. The van der Waals surface area contributed by atoms with Gasteiger partial charge in [0, 0.05) is 5.56 Å². The van der Waals surface area contributed by atoms with E-state index in [2.05, 4.69) is 5.32 Å². The minimum absolute atomic E-state index is 0. The minimum Gasteiger partial charge on any atom is -0.496 e. The molecule has 0 spiro atoms. The number of hydrogen-bond donors (Lipinski definition) is 2. The lowest BCUT2D eigenvalue weighted by Gasteiger charge is -2.36. The Kier molecular flexibility index (Phi) is 8.50. The number of carbonyl (C=O) groups is 2. The zero-order chi connectivity index (χ0) is 24.5. The Hall–Kier alpha value is -2.57. The summed E-state index contributed by atoms with van der Waals surface area (Å²) in [7, 11) is 1.65. The van der Waals surface area contributed by atoms with Gasteiger partial charge in [-0.3, -0.25) is 4.79 Å². The molecule has 1 aliphatic heterocycles. The second-order valence-corrected chi connectivity index (χ2v) is 9.98. The van der Waals surface area contributed by atoms with Gasteiger partial charge in [0.15, 0.2) is 0 Å². The first-order valence-corrected chi connectivity index (χ1v) is 12.4. The van der Waals surface area contributed by atoms with Crippen LogP contribution in [-0.2, 0) is 15.0 Å². The fourth-order valence-corrected chi connectivity index (χ4v) is 5.62. The highest BCUT2D eigenvalue weighted by Crippen LogP contribution is 2.53. The Balaban J connectivity index is 0.00000342. The van der Waals surface area contributed by atoms with Crippen LogP contribution in [0.2, 0.25) is 0 Å². The number of amides is 1. The Bertz CT molecular complexity index is 1060. The lowest BCUT2D eigenvalue weighted by Crippen LogP contribution is -2.43. The van der Waals surface area contributed by atoms with E-state index in [9.17, 15) is 9.59 Å². The average Bonchev–Trinajstić information content (AvgIpc) is 2.97. The first kappa shape index (κ1) is 27.0. The molecule has 3 N–H and O–H groups in total. The second kappa shape index (κ2) is 11.0. The standard InChI is InChI=1S/C28H36N2O4.ClH/c1-17(2)24(29)26(31)34-21-13-11-20(12-14-21)28(19-9-7-5-6-8-10-19)22-15-16-23(33-4)18(3)25(22)30-27(28)32;/h11-17,19,24H,5-10,29H2,1-4H3,(H,30,32);1H. The van der Waals surface area contributed by atoms with Crippen LogP contribution >= 0.6 is 12.4 Å². The van der Waals surface area contributed by atoms with Crippen molar-refractivity contribution in [2.24, 2.45) is 17.6 Å². The number of anilines is 1. The summed E-state index contributed by atoms with van der Waals surface area (Å²) in [4.78, 5) is 26.2. The van der Waals surface area contributed by atoms with E-state index in [0.717, 1.165) is 53.8 Å². The Labute approximate surface area is 214 Å². The van der Waals surface area contributed by atoms with Crippen LogP contribution < -0.4 is 20.5 Å². The predicted molar refractivity (Wildman–Crippen MR) is 140 cm³/mol. The normalized spacial score (nSPS) is 20.9. The van der Waals surface area contributed by atoms with Gasteiger partial charge in [-0.1, -0.05) is 57.7 Å². The van der Waals surface area contributed by atoms with E-state index in [0.29, 0.717) is 5.75 Å². The molecule has 1 fully saturated rings. The van der Waals surface area contributed by atoms with E-state index < -0.39 is 17.4 Å². The quantitative estimate of drug-likeness (QED) is 0.309. The van der Waals surface area contributed by atoms with Crippen molar-refractivity contribution >= 4 is 30.0 Å². The fourth-order valence-electron chi connectivity index (χ4n) is 5.62. The number of hydrogen-bond acceptors (Lipinski definition) is 5. The lowest BCUT2D eigenvalue weighted by molar-refractivity contribution is -0.136. The molecule has 2 aromatic rings. The van der Waals surface area contributed by atoms with Crippen LogP contribution in [-0.4, -0.2) is 25.0 Å². The van der Waals surface area contributed by atoms with Gasteiger partial charge >= 0.3 is 5.97 Å². The number of benzene rings is 2. The molecule has 7 heteroatoms. The lowest BCUT2D eigenvalue weighted by atomic mass is 9.64. The minimum atomic E-state index is -0.784. The number of fused-ring (bicyclic) bond motifs is 1. The molecular weight excluding hydrogens is 464 g/mol. The molecule has 1 amide bonds. The number of ether oxygens (including phenoxy) is 2. The topological polar surface area (TPSA) is 90.6 Å². The Morgan fingerprint density at radius 3 is 2.26 bits per heavy atom. The van der Waals surface area contributed by atoms with Crippen molar-refractivity contribution in [3.05, 3.63) is 53.1 Å². The third-order valence-electron chi connectivity index (χ3n) is 7.64. The van der Waals surface area contributed by atoms with Crippen molar-refractivity contribution in [2.45, 2.75) is 70.8 Å². The number of rotatable bonds is 6. The number of methoxy groups -OCH3 is 1. The molecule has 35 heavy (non-hydrogen) atoms. The van der Waals surface area contributed by atoms with Crippen LogP contribution in [0.3, 0.4) is 0 Å². The first-order valence-electron chi connectivity index (χ1n) is 12.4. The van der Waals surface area contributed by atoms with Gasteiger partial charge < -0.3 is 20.5 Å². The maximum atomic E-state index is 13.9. The van der Waals surface area contributed by atoms with Gasteiger partial charge in [-0.25, -0.2) is 4.79 Å². The first-order chi connectivity index (χ1) is 16.3. The molecule has 1 aliphatic carbocycles. The van der Waals surface area contributed by atoms with Crippen LogP contribution in [0.1, 0.15) is 69.1 Å². The molecular formula is C28H37ClN2O4. The number of carbonyl (C=O) groups excluding carboxylic acids is 2. The number of nitrogens with one attached hydrogen (secondary N) is 1. The van der Waals surface area contributed by atoms with Crippen molar-refractivity contribution in [3.63, 3.8) is 0 Å². The largest absolute Gasteiger partial charge is 0.496 e. The molecule has 190 valence electrons. The van der Waals surface area contributed by atoms with E-state index in [4.69, 9.17) is 15.2 Å². The highest BCUT2D eigenvalue weighted by Gasteiger charge is 2.53. The molecule has 0 radical (unpaired) electrons. The molecule has 6 nitrogen and oxygen atoms in total. The summed E-state index contributed by atoms with van der Waals surface area (Å²) in [5, 5.41) is 3.20. The highest BCUT2D eigenvalue weighted by atomic mass is 35.5. The smallest absolute Gasteiger partial charge is 0.328 e. The summed E-state index contributed by atoms with van der Waals surface area (Å²) in [5.74, 6) is 0.936. The van der Waals surface area contributed by atoms with E-state index >= 15 is 0 Å². The molecule has 0 saturated heterocycles. The molecule has 4 rings (SSSR count). The number of halogens is 1. The van der Waals surface area contributed by atoms with Crippen molar-refractivity contribution in [3.8, 4) is 11.5 Å². The van der Waals surface area contributed by atoms with E-state index in [1.165, 1.54) is 12.8 Å². The summed E-state index contributed by atoms with van der Waals surface area (Å²) in [6.07, 6.45) is 6.64. The van der Waals surface area contributed by atoms with Crippen LogP contribution in [0, 0.1) is 18.8 Å². The Morgan fingerprint density at radius 1 is 1.06 bits per heavy atom. The molecule has 2 aliphatic rings. The summed E-state index contributed by atoms with van der Waals surface area (Å²) < 4.78 is 11.0. The van der Waals surface area contributed by atoms with E-state index in [1.807, 2.05) is 45.0 Å². The van der Waals surface area contributed by atoms with E-state index in [-0.39, 0.29) is 30.2 Å². The monoisotopic (exact) mass is 500 g/mol. The van der Waals surface area contributed by atoms with Crippen molar-refractivity contribution < 1.29 is 19.1 Å². The number of nitrogens with two attached hydrogens (primary N) is 1. The molecule has 1 saturated carbocycles. The van der Waals surface area contributed by atoms with Crippen LogP contribution in [0.5, 0.6) is 11.5 Å². The molecule has 1 heterocycles. The van der Waals surface area contributed by atoms with Gasteiger partial charge in [0.1, 0.15) is 23.0 Å². The zero-order valence-corrected chi connectivity index (χ0v) is 21.9. The van der Waals surface area contributed by atoms with Gasteiger partial charge in [-0.05, 0) is 60.9 Å². The van der Waals surface area contributed by atoms with Crippen molar-refractivity contribution in [1.29, 1.82) is 0 Å². The molecule has 0 bridgehead atoms. The third kappa shape index (κ3) is 4.78. The van der Waals surface area contributed by atoms with Gasteiger partial charge in [0.05, 0.1) is 12.8 Å². The molecule has 2 unspecified atom stereocenters. The van der Waals surface area contributed by atoms with Crippen molar-refractivity contribution in [1.82, 2.24) is 0 Å². The summed E-state index contributed by atoms with van der Waals surface area (Å²) in [6.45, 7) is 5.76. The van der Waals surface area contributed by atoms with Gasteiger partial charge in [0.2, 0.25) is 5.91 Å². The predicted octanol–water partition coefficient (Wildman–Crippen LogP) is 5.52. The summed E-state index contributed by atoms with van der Waals surface area (Å²) >= 11 is 0. The summed E-state index contributed by atoms with van der Waals surface area (Å²) in [5.41, 5.74) is 8.89. The van der Waals surface area contributed by atoms with Gasteiger partial charge in [-0.15, -0.1) is 12.4 Å². The number of esters is 1. The Morgan fingerprint density at radius 2 is 1.69 bits per heavy atom. The van der Waals surface area contributed by atoms with E-state index in [1.54, 1.807) is 19.2 Å². The average molecular weight is 501 g/mol. The van der Waals surface area contributed by atoms with Crippen LogP contribution in [0.4, 0.5) is 5.69 Å².